The molecular weight excluding hydrogens is 182 g/mol. The Bertz CT molecular complexity index is 408. The summed E-state index contributed by atoms with van der Waals surface area (Å²) in [6.07, 6.45) is 5.33. The van der Waals surface area contributed by atoms with Crippen molar-refractivity contribution < 1.29 is 0 Å². The van der Waals surface area contributed by atoms with E-state index in [1.807, 2.05) is 23.7 Å². The normalized spacial score (nSPS) is 10.3. The van der Waals surface area contributed by atoms with E-state index in [1.165, 1.54) is 0 Å². The molecule has 2 heterocycles. The lowest BCUT2D eigenvalue weighted by Gasteiger charge is -2.01. The lowest BCUT2D eigenvalue weighted by atomic mass is 10.2. The average Bonchev–Trinajstić information content (AvgIpc) is 2.49. The smallest absolute Gasteiger partial charge is 0.165 e. The first-order valence-electron chi connectivity index (χ1n) is 3.90. The predicted octanol–water partition coefficient (Wildman–Crippen LogP) is 1.77. The number of hydrogen-bond donors (Lipinski definition) is 1. The molecular formula is C9H9N3S. The molecule has 0 atom stereocenters. The van der Waals surface area contributed by atoms with E-state index in [-0.39, 0.29) is 0 Å². The summed E-state index contributed by atoms with van der Waals surface area (Å²) in [7, 11) is 1.94. The second-order valence-corrected chi connectivity index (χ2v) is 3.14. The van der Waals surface area contributed by atoms with Gasteiger partial charge in [-0.15, -0.1) is 12.6 Å². The van der Waals surface area contributed by atoms with Gasteiger partial charge in [-0.25, -0.2) is 4.98 Å². The molecule has 0 aromatic carbocycles. The minimum absolute atomic E-state index is 0.715. The van der Waals surface area contributed by atoms with Gasteiger partial charge in [0.25, 0.3) is 0 Å². The maximum absolute atomic E-state index is 4.21. The first-order chi connectivity index (χ1) is 6.29. The van der Waals surface area contributed by atoms with Crippen LogP contribution in [0.25, 0.3) is 11.3 Å². The standard InChI is InChI=1S/C9H9N3S/c1-12-8(6-11-9(12)13)7-2-4-10-5-3-7/h2-6H,1H3,(H,11,13). The second kappa shape index (κ2) is 3.22. The maximum Gasteiger partial charge on any atom is 0.165 e. The molecule has 0 aliphatic rings. The molecule has 2 aromatic heterocycles. The van der Waals surface area contributed by atoms with Crippen LogP contribution in [-0.4, -0.2) is 14.5 Å². The van der Waals surface area contributed by atoms with E-state index in [0.717, 1.165) is 11.3 Å². The molecule has 3 nitrogen and oxygen atoms in total. The summed E-state index contributed by atoms with van der Waals surface area (Å²) < 4.78 is 1.93. The van der Waals surface area contributed by atoms with Crippen LogP contribution in [0, 0.1) is 0 Å². The van der Waals surface area contributed by atoms with E-state index < -0.39 is 0 Å². The van der Waals surface area contributed by atoms with Crippen LogP contribution in [0.3, 0.4) is 0 Å². The molecule has 66 valence electrons. The quantitative estimate of drug-likeness (QED) is 0.696. The maximum atomic E-state index is 4.21. The molecule has 0 bridgehead atoms. The van der Waals surface area contributed by atoms with Gasteiger partial charge in [0.2, 0.25) is 0 Å². The summed E-state index contributed by atoms with van der Waals surface area (Å²) in [5, 5.41) is 0.715. The van der Waals surface area contributed by atoms with Gasteiger partial charge in [-0.05, 0) is 12.1 Å². The van der Waals surface area contributed by atoms with Crippen molar-refractivity contribution in [1.82, 2.24) is 14.5 Å². The van der Waals surface area contributed by atoms with Crippen LogP contribution in [0.4, 0.5) is 0 Å². The largest absolute Gasteiger partial charge is 0.322 e. The number of nitrogens with zero attached hydrogens (tertiary/aromatic N) is 3. The van der Waals surface area contributed by atoms with Crippen LogP contribution in [0.2, 0.25) is 0 Å². The molecule has 0 saturated heterocycles. The topological polar surface area (TPSA) is 30.7 Å². The highest BCUT2D eigenvalue weighted by atomic mass is 32.1. The van der Waals surface area contributed by atoms with Crippen molar-refractivity contribution in [3.63, 3.8) is 0 Å². The third-order valence-corrected chi connectivity index (χ3v) is 2.36. The van der Waals surface area contributed by atoms with Crippen molar-refractivity contribution in [3.05, 3.63) is 30.7 Å². The van der Waals surface area contributed by atoms with E-state index in [9.17, 15) is 0 Å². The summed E-state index contributed by atoms with van der Waals surface area (Å²) in [4.78, 5) is 8.06. The van der Waals surface area contributed by atoms with Gasteiger partial charge < -0.3 is 4.57 Å². The second-order valence-electron chi connectivity index (χ2n) is 2.74. The zero-order valence-electron chi connectivity index (χ0n) is 7.18. The first kappa shape index (κ1) is 8.31. The number of aromatic nitrogens is 3. The lowest BCUT2D eigenvalue weighted by molar-refractivity contribution is 0.800. The molecule has 4 heteroatoms. The van der Waals surface area contributed by atoms with Crippen LogP contribution in [0.1, 0.15) is 0 Å². The van der Waals surface area contributed by atoms with Crippen molar-refractivity contribution in [2.75, 3.05) is 0 Å². The highest BCUT2D eigenvalue weighted by molar-refractivity contribution is 7.80. The Balaban J connectivity index is 2.53. The Hall–Kier alpha value is -1.29. The monoisotopic (exact) mass is 191 g/mol. The zero-order chi connectivity index (χ0) is 9.26. The van der Waals surface area contributed by atoms with E-state index in [2.05, 4.69) is 22.6 Å². The number of thiol groups is 1. The first-order valence-corrected chi connectivity index (χ1v) is 4.35. The number of hydrogen-bond acceptors (Lipinski definition) is 3. The minimum atomic E-state index is 0.715. The molecule has 13 heavy (non-hydrogen) atoms. The molecule has 0 radical (unpaired) electrons. The molecule has 0 saturated carbocycles. The third-order valence-electron chi connectivity index (χ3n) is 1.94. The fourth-order valence-electron chi connectivity index (χ4n) is 1.19. The van der Waals surface area contributed by atoms with Gasteiger partial charge in [-0.3, -0.25) is 4.98 Å². The molecule has 2 aromatic rings. The van der Waals surface area contributed by atoms with Gasteiger partial charge in [0.15, 0.2) is 5.16 Å². The minimum Gasteiger partial charge on any atom is -0.322 e. The fourth-order valence-corrected chi connectivity index (χ4v) is 1.36. The van der Waals surface area contributed by atoms with Crippen LogP contribution < -0.4 is 0 Å². The molecule has 0 aliphatic carbocycles. The van der Waals surface area contributed by atoms with Crippen LogP contribution in [-0.2, 0) is 7.05 Å². The van der Waals surface area contributed by atoms with Gasteiger partial charge in [0, 0.05) is 25.0 Å². The number of pyridine rings is 1. The van der Waals surface area contributed by atoms with Crippen molar-refractivity contribution in [2.24, 2.45) is 7.05 Å². The van der Waals surface area contributed by atoms with E-state index in [1.54, 1.807) is 18.6 Å². The van der Waals surface area contributed by atoms with Gasteiger partial charge >= 0.3 is 0 Å². The Morgan fingerprint density at radius 1 is 1.31 bits per heavy atom. The summed E-state index contributed by atoms with van der Waals surface area (Å²) in [5.74, 6) is 0. The third kappa shape index (κ3) is 1.45. The van der Waals surface area contributed by atoms with Gasteiger partial charge in [0.05, 0.1) is 11.9 Å². The number of imidazole rings is 1. The Kier molecular flexibility index (Phi) is 2.06. The summed E-state index contributed by atoms with van der Waals surface area (Å²) in [6.45, 7) is 0. The van der Waals surface area contributed by atoms with Gasteiger partial charge in [-0.1, -0.05) is 0 Å². The van der Waals surface area contributed by atoms with Crippen molar-refractivity contribution >= 4 is 12.6 Å². The highest BCUT2D eigenvalue weighted by Crippen LogP contribution is 2.19. The summed E-state index contributed by atoms with van der Waals surface area (Å²) >= 11 is 4.21. The predicted molar refractivity (Wildman–Crippen MR) is 53.7 cm³/mol. The SMILES string of the molecule is Cn1c(-c2ccncc2)cnc1S. The molecule has 0 aliphatic heterocycles. The van der Waals surface area contributed by atoms with Gasteiger partial charge in [-0.2, -0.15) is 0 Å². The van der Waals surface area contributed by atoms with E-state index in [4.69, 9.17) is 0 Å². The molecule has 0 fully saturated rings. The average molecular weight is 191 g/mol. The Labute approximate surface area is 81.9 Å². The van der Waals surface area contributed by atoms with Crippen molar-refractivity contribution in [1.29, 1.82) is 0 Å². The molecule has 0 unspecified atom stereocenters. The lowest BCUT2D eigenvalue weighted by Crippen LogP contribution is -1.91. The summed E-state index contributed by atoms with van der Waals surface area (Å²) in [5.41, 5.74) is 2.15. The van der Waals surface area contributed by atoms with E-state index >= 15 is 0 Å². The van der Waals surface area contributed by atoms with Gasteiger partial charge in [0.1, 0.15) is 0 Å². The highest BCUT2D eigenvalue weighted by Gasteiger charge is 2.04. The van der Waals surface area contributed by atoms with Crippen LogP contribution >= 0.6 is 12.6 Å². The Morgan fingerprint density at radius 3 is 2.54 bits per heavy atom. The zero-order valence-corrected chi connectivity index (χ0v) is 8.07. The van der Waals surface area contributed by atoms with Crippen LogP contribution in [0.15, 0.2) is 35.9 Å². The van der Waals surface area contributed by atoms with E-state index in [0.29, 0.717) is 5.16 Å². The van der Waals surface area contributed by atoms with Crippen molar-refractivity contribution in [2.45, 2.75) is 5.16 Å². The molecule has 0 spiro atoms. The number of rotatable bonds is 1. The molecule has 0 amide bonds. The summed E-state index contributed by atoms with van der Waals surface area (Å²) in [6, 6.07) is 3.90. The van der Waals surface area contributed by atoms with Crippen molar-refractivity contribution in [3.8, 4) is 11.3 Å². The Morgan fingerprint density at radius 2 is 2.00 bits per heavy atom. The molecule has 0 N–H and O–H groups in total. The molecule has 2 rings (SSSR count). The fraction of sp³-hybridized carbons (Fsp3) is 0.111. The van der Waals surface area contributed by atoms with Crippen LogP contribution in [0.5, 0.6) is 0 Å².